The van der Waals surface area contributed by atoms with E-state index in [0.29, 0.717) is 12.5 Å². The summed E-state index contributed by atoms with van der Waals surface area (Å²) in [5, 5.41) is 0. The maximum Gasteiger partial charge on any atom is 0.228 e. The average molecular weight is 377 g/mol. The highest BCUT2D eigenvalue weighted by Gasteiger charge is 2.42. The molecule has 2 fully saturated rings. The molecule has 1 amide bonds. The van der Waals surface area contributed by atoms with Crippen LogP contribution in [0.25, 0.3) is 0 Å². The van der Waals surface area contributed by atoms with Gasteiger partial charge in [-0.05, 0) is 43.9 Å². The summed E-state index contributed by atoms with van der Waals surface area (Å²) in [6, 6.07) is 18.4. The SMILES string of the molecule is Cc1ccc(N=C(N)N2CCCC2C2CCN(Cc3ccccc3)C2=O)cc1. The van der Waals surface area contributed by atoms with Gasteiger partial charge >= 0.3 is 0 Å². The summed E-state index contributed by atoms with van der Waals surface area (Å²) in [5.41, 5.74) is 9.60. The van der Waals surface area contributed by atoms with Crippen LogP contribution in [0.5, 0.6) is 0 Å². The summed E-state index contributed by atoms with van der Waals surface area (Å²) in [7, 11) is 0. The number of nitrogens with zero attached hydrogens (tertiary/aromatic N) is 3. The van der Waals surface area contributed by atoms with Crippen molar-refractivity contribution in [3.05, 3.63) is 65.7 Å². The molecule has 4 rings (SSSR count). The average Bonchev–Trinajstić information content (AvgIpc) is 3.32. The van der Waals surface area contributed by atoms with Crippen LogP contribution in [0.15, 0.2) is 59.6 Å². The molecule has 0 radical (unpaired) electrons. The largest absolute Gasteiger partial charge is 0.369 e. The first-order chi connectivity index (χ1) is 13.6. The second kappa shape index (κ2) is 8.05. The van der Waals surface area contributed by atoms with E-state index in [-0.39, 0.29) is 17.9 Å². The van der Waals surface area contributed by atoms with Crippen LogP contribution in [0.1, 0.15) is 30.4 Å². The first-order valence-corrected chi connectivity index (χ1v) is 10.1. The molecule has 5 heteroatoms. The van der Waals surface area contributed by atoms with Crippen molar-refractivity contribution in [3.8, 4) is 0 Å². The third-order valence-corrected chi connectivity index (χ3v) is 5.89. The van der Waals surface area contributed by atoms with Gasteiger partial charge in [0.05, 0.1) is 11.6 Å². The number of nitrogens with two attached hydrogens (primary N) is 1. The van der Waals surface area contributed by atoms with Crippen LogP contribution in [0.2, 0.25) is 0 Å². The first-order valence-electron chi connectivity index (χ1n) is 10.1. The van der Waals surface area contributed by atoms with Gasteiger partial charge in [-0.25, -0.2) is 4.99 Å². The summed E-state index contributed by atoms with van der Waals surface area (Å²) in [4.78, 5) is 21.8. The predicted molar refractivity (Wildman–Crippen MR) is 112 cm³/mol. The molecular weight excluding hydrogens is 348 g/mol. The molecular formula is C23H28N4O. The fraction of sp³-hybridized carbons (Fsp3) is 0.391. The van der Waals surface area contributed by atoms with Crippen molar-refractivity contribution >= 4 is 17.6 Å². The number of hydrogen-bond donors (Lipinski definition) is 1. The Morgan fingerprint density at radius 3 is 2.57 bits per heavy atom. The van der Waals surface area contributed by atoms with Crippen LogP contribution < -0.4 is 5.73 Å². The highest BCUT2D eigenvalue weighted by molar-refractivity contribution is 5.85. The summed E-state index contributed by atoms with van der Waals surface area (Å²) in [6.45, 7) is 4.43. The standard InChI is InChI=1S/C23H28N4O/c1-17-9-11-19(12-10-17)25-23(24)27-14-5-8-21(27)20-13-15-26(22(20)28)16-18-6-3-2-4-7-18/h2-4,6-7,9-12,20-21H,5,8,13-16H2,1H3,(H2,24,25). The molecule has 2 saturated heterocycles. The van der Waals surface area contributed by atoms with Crippen LogP contribution in [-0.2, 0) is 11.3 Å². The van der Waals surface area contributed by atoms with Crippen molar-refractivity contribution in [2.75, 3.05) is 13.1 Å². The molecule has 2 unspecified atom stereocenters. The molecule has 0 bridgehead atoms. The van der Waals surface area contributed by atoms with E-state index in [0.717, 1.165) is 38.0 Å². The summed E-state index contributed by atoms with van der Waals surface area (Å²) >= 11 is 0. The maximum absolute atomic E-state index is 13.1. The van der Waals surface area contributed by atoms with E-state index in [9.17, 15) is 4.79 Å². The van der Waals surface area contributed by atoms with Crippen LogP contribution in [0.4, 0.5) is 5.69 Å². The van der Waals surface area contributed by atoms with E-state index >= 15 is 0 Å². The van der Waals surface area contributed by atoms with Crippen molar-refractivity contribution in [1.29, 1.82) is 0 Å². The lowest BCUT2D eigenvalue weighted by Crippen LogP contribution is -2.46. The number of amides is 1. The van der Waals surface area contributed by atoms with Crippen LogP contribution in [0.3, 0.4) is 0 Å². The van der Waals surface area contributed by atoms with Gasteiger partial charge in [0.2, 0.25) is 5.91 Å². The minimum Gasteiger partial charge on any atom is -0.369 e. The molecule has 0 spiro atoms. The second-order valence-corrected chi connectivity index (χ2v) is 7.85. The van der Waals surface area contributed by atoms with E-state index in [1.54, 1.807) is 0 Å². The Morgan fingerprint density at radius 1 is 1.07 bits per heavy atom. The normalized spacial score (nSPS) is 22.9. The predicted octanol–water partition coefficient (Wildman–Crippen LogP) is 3.45. The lowest BCUT2D eigenvalue weighted by Gasteiger charge is -2.29. The van der Waals surface area contributed by atoms with Gasteiger partial charge in [0.1, 0.15) is 0 Å². The van der Waals surface area contributed by atoms with Gasteiger partial charge in [-0.2, -0.15) is 0 Å². The van der Waals surface area contributed by atoms with E-state index in [1.807, 2.05) is 47.4 Å². The number of guanidine groups is 1. The van der Waals surface area contributed by atoms with Crippen molar-refractivity contribution in [2.45, 2.75) is 38.8 Å². The summed E-state index contributed by atoms with van der Waals surface area (Å²) in [5.74, 6) is 0.794. The molecule has 5 nitrogen and oxygen atoms in total. The highest BCUT2D eigenvalue weighted by atomic mass is 16.2. The number of aliphatic imine (C=N–C) groups is 1. The van der Waals surface area contributed by atoms with Crippen LogP contribution in [-0.4, -0.2) is 40.8 Å². The summed E-state index contributed by atoms with van der Waals surface area (Å²) in [6.07, 6.45) is 2.95. The smallest absolute Gasteiger partial charge is 0.228 e. The third kappa shape index (κ3) is 3.88. The molecule has 2 aliphatic heterocycles. The Labute approximate surface area is 166 Å². The van der Waals surface area contributed by atoms with E-state index in [2.05, 4.69) is 28.9 Å². The highest BCUT2D eigenvalue weighted by Crippen LogP contribution is 2.32. The van der Waals surface area contributed by atoms with Crippen molar-refractivity contribution in [1.82, 2.24) is 9.80 Å². The molecule has 2 atom stereocenters. The van der Waals surface area contributed by atoms with Crippen LogP contribution in [0, 0.1) is 12.8 Å². The lowest BCUT2D eigenvalue weighted by molar-refractivity contribution is -0.132. The van der Waals surface area contributed by atoms with Gasteiger partial charge in [-0.3, -0.25) is 4.79 Å². The van der Waals surface area contributed by atoms with Crippen molar-refractivity contribution in [3.63, 3.8) is 0 Å². The molecule has 0 aliphatic carbocycles. The zero-order chi connectivity index (χ0) is 19.5. The minimum absolute atomic E-state index is 0.0120. The zero-order valence-corrected chi connectivity index (χ0v) is 16.4. The number of rotatable bonds is 4. The van der Waals surface area contributed by atoms with E-state index < -0.39 is 0 Å². The molecule has 2 aliphatic rings. The van der Waals surface area contributed by atoms with Gasteiger partial charge in [0, 0.05) is 25.7 Å². The van der Waals surface area contributed by atoms with Gasteiger partial charge in [-0.1, -0.05) is 48.0 Å². The molecule has 2 heterocycles. The number of benzene rings is 2. The van der Waals surface area contributed by atoms with Gasteiger partial charge in [0.25, 0.3) is 0 Å². The number of likely N-dealkylation sites (tertiary alicyclic amines) is 2. The van der Waals surface area contributed by atoms with Gasteiger partial charge in [0.15, 0.2) is 5.96 Å². The number of aryl methyl sites for hydroxylation is 1. The minimum atomic E-state index is 0.0120. The maximum atomic E-state index is 13.1. The summed E-state index contributed by atoms with van der Waals surface area (Å²) < 4.78 is 0. The monoisotopic (exact) mass is 376 g/mol. The fourth-order valence-corrected chi connectivity index (χ4v) is 4.39. The zero-order valence-electron chi connectivity index (χ0n) is 16.4. The number of hydrogen-bond acceptors (Lipinski definition) is 2. The Morgan fingerprint density at radius 2 is 1.82 bits per heavy atom. The van der Waals surface area contributed by atoms with E-state index in [4.69, 9.17) is 5.73 Å². The Balaban J connectivity index is 1.46. The third-order valence-electron chi connectivity index (χ3n) is 5.89. The lowest BCUT2D eigenvalue weighted by atomic mass is 9.96. The Bertz CT molecular complexity index is 847. The molecule has 146 valence electrons. The first kappa shape index (κ1) is 18.5. The van der Waals surface area contributed by atoms with E-state index in [1.165, 1.54) is 11.1 Å². The van der Waals surface area contributed by atoms with Gasteiger partial charge < -0.3 is 15.5 Å². The second-order valence-electron chi connectivity index (χ2n) is 7.85. The van der Waals surface area contributed by atoms with Gasteiger partial charge in [-0.15, -0.1) is 0 Å². The molecule has 2 aromatic rings. The quantitative estimate of drug-likeness (QED) is 0.657. The molecule has 2 N–H and O–H groups in total. The molecule has 28 heavy (non-hydrogen) atoms. The van der Waals surface area contributed by atoms with Crippen LogP contribution >= 0.6 is 0 Å². The topological polar surface area (TPSA) is 61.9 Å². The molecule has 0 saturated carbocycles. The molecule has 2 aromatic carbocycles. The number of carbonyl (C=O) groups is 1. The van der Waals surface area contributed by atoms with Crippen molar-refractivity contribution < 1.29 is 4.79 Å². The molecule has 0 aromatic heterocycles. The fourth-order valence-electron chi connectivity index (χ4n) is 4.39. The number of carbonyl (C=O) groups excluding carboxylic acids is 1. The Kier molecular flexibility index (Phi) is 5.33. The Hall–Kier alpha value is -2.82. The van der Waals surface area contributed by atoms with Crippen molar-refractivity contribution in [2.24, 2.45) is 16.6 Å².